The molecule has 1 aliphatic heterocycles. The Kier molecular flexibility index (Phi) is 5.37. The molecule has 1 saturated carbocycles. The van der Waals surface area contributed by atoms with Gasteiger partial charge in [-0.3, -0.25) is 14.6 Å². The molecule has 0 aromatic carbocycles. The van der Waals surface area contributed by atoms with Gasteiger partial charge in [0, 0.05) is 37.4 Å². The maximum atomic E-state index is 13.3. The summed E-state index contributed by atoms with van der Waals surface area (Å²) in [7, 11) is 0. The largest absolute Gasteiger partial charge is 0.335 e. The average Bonchev–Trinajstić information content (AvgIpc) is 3.38. The Morgan fingerprint density at radius 1 is 1.15 bits per heavy atom. The monoisotopic (exact) mass is 355 g/mol. The number of aromatic amines is 1. The molecule has 0 unspecified atom stereocenters. The molecule has 1 atom stereocenters. The van der Waals surface area contributed by atoms with Gasteiger partial charge in [0.05, 0.1) is 17.5 Å². The molecular weight excluding hydrogens is 326 g/mol. The summed E-state index contributed by atoms with van der Waals surface area (Å²) in [5.41, 5.74) is 1.88. The second-order valence-electron chi connectivity index (χ2n) is 7.74. The van der Waals surface area contributed by atoms with Gasteiger partial charge in [0.1, 0.15) is 0 Å². The van der Waals surface area contributed by atoms with Gasteiger partial charge < -0.3 is 4.90 Å². The molecule has 2 fully saturated rings. The normalized spacial score (nSPS) is 21.8. The molecule has 6 nitrogen and oxygen atoms in total. The van der Waals surface area contributed by atoms with Crippen LogP contribution in [0.2, 0.25) is 0 Å². The fourth-order valence-corrected chi connectivity index (χ4v) is 4.61. The zero-order valence-corrected chi connectivity index (χ0v) is 15.4. The summed E-state index contributed by atoms with van der Waals surface area (Å²) in [4.78, 5) is 15.4. The SMILES string of the molecule is O=C(c1cn[nH]c1C1CCCCC1)N1CCCC[C@H]1CCn1cccn1. The van der Waals surface area contributed by atoms with Crippen molar-refractivity contribution < 1.29 is 4.79 Å². The van der Waals surface area contributed by atoms with Gasteiger partial charge in [-0.2, -0.15) is 10.2 Å². The Hall–Kier alpha value is -2.11. The van der Waals surface area contributed by atoms with Gasteiger partial charge in [0.25, 0.3) is 5.91 Å². The summed E-state index contributed by atoms with van der Waals surface area (Å²) in [6.45, 7) is 1.72. The fraction of sp³-hybridized carbons (Fsp3) is 0.650. The molecule has 0 bridgehead atoms. The van der Waals surface area contributed by atoms with Crippen LogP contribution in [0, 0.1) is 0 Å². The molecule has 2 aromatic rings. The summed E-state index contributed by atoms with van der Waals surface area (Å²) in [5, 5.41) is 11.7. The molecule has 2 aromatic heterocycles. The fourth-order valence-electron chi connectivity index (χ4n) is 4.61. The van der Waals surface area contributed by atoms with Crippen LogP contribution in [0.1, 0.15) is 79.8 Å². The Balaban J connectivity index is 1.47. The molecule has 140 valence electrons. The zero-order valence-electron chi connectivity index (χ0n) is 15.4. The van der Waals surface area contributed by atoms with E-state index < -0.39 is 0 Å². The predicted molar refractivity (Wildman–Crippen MR) is 99.9 cm³/mol. The number of rotatable bonds is 5. The van der Waals surface area contributed by atoms with Crippen LogP contribution in [0.5, 0.6) is 0 Å². The highest BCUT2D eigenvalue weighted by Crippen LogP contribution is 2.34. The number of amides is 1. The van der Waals surface area contributed by atoms with Gasteiger partial charge in [-0.25, -0.2) is 0 Å². The lowest BCUT2D eigenvalue weighted by molar-refractivity contribution is 0.0592. The molecule has 3 heterocycles. The Morgan fingerprint density at radius 3 is 2.81 bits per heavy atom. The van der Waals surface area contributed by atoms with Crippen molar-refractivity contribution in [2.75, 3.05) is 6.54 Å². The third-order valence-corrected chi connectivity index (χ3v) is 6.05. The molecule has 0 radical (unpaired) electrons. The van der Waals surface area contributed by atoms with Crippen molar-refractivity contribution in [1.82, 2.24) is 24.9 Å². The summed E-state index contributed by atoms with van der Waals surface area (Å²) in [6, 6.07) is 2.25. The van der Waals surface area contributed by atoms with Gasteiger partial charge in [-0.1, -0.05) is 19.3 Å². The van der Waals surface area contributed by atoms with Gasteiger partial charge in [0.15, 0.2) is 0 Å². The van der Waals surface area contributed by atoms with Crippen LogP contribution in [0.25, 0.3) is 0 Å². The van der Waals surface area contributed by atoms with E-state index in [1.165, 1.54) is 38.5 Å². The molecule has 2 aliphatic rings. The number of hydrogen-bond acceptors (Lipinski definition) is 3. The Labute approximate surface area is 155 Å². The van der Waals surface area contributed by atoms with E-state index in [2.05, 4.69) is 20.2 Å². The maximum absolute atomic E-state index is 13.3. The highest BCUT2D eigenvalue weighted by molar-refractivity contribution is 5.95. The van der Waals surface area contributed by atoms with Crippen molar-refractivity contribution in [3.8, 4) is 0 Å². The number of aromatic nitrogens is 4. The topological polar surface area (TPSA) is 66.8 Å². The maximum Gasteiger partial charge on any atom is 0.257 e. The predicted octanol–water partition coefficient (Wildman–Crippen LogP) is 3.74. The number of aryl methyl sites for hydroxylation is 1. The number of nitrogens with one attached hydrogen (secondary N) is 1. The highest BCUT2D eigenvalue weighted by atomic mass is 16.2. The minimum atomic E-state index is 0.171. The third-order valence-electron chi connectivity index (χ3n) is 6.05. The zero-order chi connectivity index (χ0) is 17.8. The molecule has 0 spiro atoms. The first-order valence-electron chi connectivity index (χ1n) is 10.1. The molecule has 1 N–H and O–H groups in total. The lowest BCUT2D eigenvalue weighted by Gasteiger charge is -2.36. The van der Waals surface area contributed by atoms with E-state index >= 15 is 0 Å². The van der Waals surface area contributed by atoms with Crippen LogP contribution in [0.3, 0.4) is 0 Å². The number of H-pyrrole nitrogens is 1. The van der Waals surface area contributed by atoms with E-state index in [0.717, 1.165) is 43.6 Å². The summed E-state index contributed by atoms with van der Waals surface area (Å²) in [6.07, 6.45) is 16.1. The first kappa shape index (κ1) is 17.3. The lowest BCUT2D eigenvalue weighted by Crippen LogP contribution is -2.44. The van der Waals surface area contributed by atoms with Crippen molar-refractivity contribution in [2.24, 2.45) is 0 Å². The molecular formula is C20H29N5O. The summed E-state index contributed by atoms with van der Waals surface area (Å²) >= 11 is 0. The van der Waals surface area contributed by atoms with Gasteiger partial charge in [-0.15, -0.1) is 0 Å². The van der Waals surface area contributed by atoms with E-state index in [9.17, 15) is 4.79 Å². The number of nitrogens with zero attached hydrogens (tertiary/aromatic N) is 4. The number of hydrogen-bond donors (Lipinski definition) is 1. The van der Waals surface area contributed by atoms with E-state index in [1.807, 2.05) is 23.1 Å². The molecule has 1 amide bonds. The van der Waals surface area contributed by atoms with Crippen molar-refractivity contribution in [2.45, 2.75) is 76.3 Å². The average molecular weight is 355 g/mol. The van der Waals surface area contributed by atoms with Crippen LogP contribution in [-0.4, -0.2) is 43.4 Å². The number of carbonyl (C=O) groups is 1. The van der Waals surface area contributed by atoms with E-state index in [4.69, 9.17) is 0 Å². The molecule has 1 saturated heterocycles. The van der Waals surface area contributed by atoms with Crippen molar-refractivity contribution in [3.05, 3.63) is 35.9 Å². The molecule has 6 heteroatoms. The first-order valence-corrected chi connectivity index (χ1v) is 10.1. The summed E-state index contributed by atoms with van der Waals surface area (Å²) in [5.74, 6) is 0.641. The van der Waals surface area contributed by atoms with Crippen molar-refractivity contribution in [1.29, 1.82) is 0 Å². The van der Waals surface area contributed by atoms with E-state index in [1.54, 1.807) is 6.20 Å². The van der Waals surface area contributed by atoms with Crippen molar-refractivity contribution >= 4 is 5.91 Å². The Bertz CT molecular complexity index is 702. The summed E-state index contributed by atoms with van der Waals surface area (Å²) < 4.78 is 1.96. The van der Waals surface area contributed by atoms with Gasteiger partial charge in [-0.05, 0) is 44.6 Å². The van der Waals surface area contributed by atoms with Gasteiger partial charge in [0.2, 0.25) is 0 Å². The lowest BCUT2D eigenvalue weighted by atomic mass is 9.85. The Morgan fingerprint density at radius 2 is 2.00 bits per heavy atom. The number of likely N-dealkylation sites (tertiary alicyclic amines) is 1. The van der Waals surface area contributed by atoms with E-state index in [-0.39, 0.29) is 5.91 Å². The standard InChI is InChI=1S/C20H29N5O/c26-20(18-15-21-23-19(18)16-7-2-1-3-8-16)25-13-5-4-9-17(25)10-14-24-12-6-11-22-24/h6,11-12,15-17H,1-5,7-10,13-14H2,(H,21,23)/t17-/m0/s1. The van der Waals surface area contributed by atoms with Crippen LogP contribution < -0.4 is 0 Å². The van der Waals surface area contributed by atoms with Crippen LogP contribution in [-0.2, 0) is 6.54 Å². The molecule has 4 rings (SSSR count). The second kappa shape index (κ2) is 8.06. The molecule has 26 heavy (non-hydrogen) atoms. The van der Waals surface area contributed by atoms with E-state index in [0.29, 0.717) is 12.0 Å². The van der Waals surface area contributed by atoms with Crippen LogP contribution in [0.4, 0.5) is 0 Å². The number of carbonyl (C=O) groups excluding carboxylic acids is 1. The highest BCUT2D eigenvalue weighted by Gasteiger charge is 2.31. The minimum Gasteiger partial charge on any atom is -0.335 e. The third kappa shape index (κ3) is 3.69. The van der Waals surface area contributed by atoms with Crippen LogP contribution >= 0.6 is 0 Å². The van der Waals surface area contributed by atoms with Crippen LogP contribution in [0.15, 0.2) is 24.7 Å². The quantitative estimate of drug-likeness (QED) is 0.888. The smallest absolute Gasteiger partial charge is 0.257 e. The second-order valence-corrected chi connectivity index (χ2v) is 7.74. The number of piperidine rings is 1. The van der Waals surface area contributed by atoms with Gasteiger partial charge >= 0.3 is 0 Å². The minimum absolute atomic E-state index is 0.171. The first-order chi connectivity index (χ1) is 12.8. The molecule has 1 aliphatic carbocycles. The van der Waals surface area contributed by atoms with Crippen molar-refractivity contribution in [3.63, 3.8) is 0 Å².